The summed E-state index contributed by atoms with van der Waals surface area (Å²) in [6.45, 7) is 0.422. The Balaban J connectivity index is 2.51. The second-order valence-electron chi connectivity index (χ2n) is 3.32. The summed E-state index contributed by atoms with van der Waals surface area (Å²) in [5, 5.41) is 3.19. The third-order valence-corrected chi connectivity index (χ3v) is 2.41. The summed E-state index contributed by atoms with van der Waals surface area (Å²) in [6.07, 6.45) is 0. The van der Waals surface area contributed by atoms with Gasteiger partial charge in [0.2, 0.25) is 0 Å². The Morgan fingerprint density at radius 1 is 1.28 bits per heavy atom. The summed E-state index contributed by atoms with van der Waals surface area (Å²) in [5.41, 5.74) is 0.463. The van der Waals surface area contributed by atoms with Crippen molar-refractivity contribution in [1.82, 2.24) is 5.32 Å². The summed E-state index contributed by atoms with van der Waals surface area (Å²) in [6, 6.07) is 6.68. The summed E-state index contributed by atoms with van der Waals surface area (Å²) in [5.74, 6) is -0.118. The lowest BCUT2D eigenvalue weighted by atomic mass is 10.2. The first-order chi connectivity index (χ1) is 8.67. The number of hydrogen-bond donors (Lipinski definition) is 1. The number of alkyl halides is 1. The van der Waals surface area contributed by atoms with Crippen LogP contribution in [0.4, 0.5) is 0 Å². The molecule has 0 aromatic heterocycles. The van der Waals surface area contributed by atoms with Crippen LogP contribution in [0.25, 0.3) is 0 Å². The van der Waals surface area contributed by atoms with E-state index in [9.17, 15) is 9.59 Å². The minimum Gasteiger partial charge on any atom is -0.493 e. The zero-order chi connectivity index (χ0) is 13.4. The fourth-order valence-electron chi connectivity index (χ4n) is 1.19. The Kier molecular flexibility index (Phi) is 6.21. The number of hydrogen-bond acceptors (Lipinski definition) is 4. The van der Waals surface area contributed by atoms with E-state index in [4.69, 9.17) is 4.74 Å². The average molecular weight is 316 g/mol. The van der Waals surface area contributed by atoms with E-state index in [1.165, 1.54) is 7.11 Å². The maximum Gasteiger partial charge on any atom is 0.325 e. The van der Waals surface area contributed by atoms with E-state index in [1.807, 2.05) is 0 Å². The van der Waals surface area contributed by atoms with Gasteiger partial charge in [-0.25, -0.2) is 0 Å². The largest absolute Gasteiger partial charge is 0.493 e. The number of amides is 1. The molecule has 1 N–H and O–H groups in total. The van der Waals surface area contributed by atoms with Gasteiger partial charge in [-0.05, 0) is 24.3 Å². The van der Waals surface area contributed by atoms with Crippen molar-refractivity contribution in [3.63, 3.8) is 0 Å². The van der Waals surface area contributed by atoms with Crippen LogP contribution in [-0.4, -0.2) is 37.5 Å². The number of esters is 1. The molecule has 1 aromatic carbocycles. The number of ether oxygens (including phenoxy) is 2. The first-order valence-corrected chi connectivity index (χ1v) is 6.43. The zero-order valence-corrected chi connectivity index (χ0v) is 11.5. The van der Waals surface area contributed by atoms with Gasteiger partial charge in [-0.1, -0.05) is 15.9 Å². The monoisotopic (exact) mass is 315 g/mol. The number of carbonyl (C=O) groups is 2. The van der Waals surface area contributed by atoms with Gasteiger partial charge in [0, 0.05) is 10.9 Å². The Morgan fingerprint density at radius 3 is 2.50 bits per heavy atom. The highest BCUT2D eigenvalue weighted by Gasteiger charge is 2.07. The van der Waals surface area contributed by atoms with Gasteiger partial charge < -0.3 is 14.8 Å². The molecule has 18 heavy (non-hydrogen) atoms. The summed E-state index contributed by atoms with van der Waals surface area (Å²) >= 11 is 3.25. The minimum absolute atomic E-state index is 0.142. The standard InChI is InChI=1S/C12H14BrNO4/c1-17-11(15)8-14-12(16)9-2-4-10(5-3-9)18-7-6-13/h2-5H,6-8H2,1H3,(H,14,16). The predicted octanol–water partition coefficient (Wildman–Crippen LogP) is 1.36. The second kappa shape index (κ2) is 7.71. The average Bonchev–Trinajstić information content (AvgIpc) is 2.42. The molecule has 0 saturated carbocycles. The number of methoxy groups -OCH3 is 1. The van der Waals surface area contributed by atoms with Crippen molar-refractivity contribution in [2.75, 3.05) is 25.6 Å². The lowest BCUT2D eigenvalue weighted by molar-refractivity contribution is -0.139. The molecule has 0 bridgehead atoms. The maximum atomic E-state index is 11.6. The van der Waals surface area contributed by atoms with Gasteiger partial charge in [0.15, 0.2) is 0 Å². The molecule has 0 unspecified atom stereocenters. The molecule has 5 nitrogen and oxygen atoms in total. The highest BCUT2D eigenvalue weighted by Crippen LogP contribution is 2.12. The lowest BCUT2D eigenvalue weighted by Crippen LogP contribution is -2.30. The quantitative estimate of drug-likeness (QED) is 0.636. The van der Waals surface area contributed by atoms with Gasteiger partial charge in [-0.15, -0.1) is 0 Å². The van der Waals surface area contributed by atoms with E-state index >= 15 is 0 Å². The third kappa shape index (κ3) is 4.75. The molecule has 0 radical (unpaired) electrons. The molecule has 0 aliphatic heterocycles. The number of halogens is 1. The van der Waals surface area contributed by atoms with Crippen molar-refractivity contribution < 1.29 is 19.1 Å². The van der Waals surface area contributed by atoms with Crippen molar-refractivity contribution in [2.45, 2.75) is 0 Å². The van der Waals surface area contributed by atoms with Crippen LogP contribution in [-0.2, 0) is 9.53 Å². The predicted molar refractivity (Wildman–Crippen MR) is 70.1 cm³/mol. The van der Waals surface area contributed by atoms with Crippen molar-refractivity contribution in [2.24, 2.45) is 0 Å². The molecule has 0 aliphatic rings. The number of nitrogens with one attached hydrogen (secondary N) is 1. The first-order valence-electron chi connectivity index (χ1n) is 5.31. The molecule has 1 amide bonds. The third-order valence-electron chi connectivity index (χ3n) is 2.08. The van der Waals surface area contributed by atoms with Crippen LogP contribution in [0, 0.1) is 0 Å². The molecule has 0 aliphatic carbocycles. The van der Waals surface area contributed by atoms with Crippen LogP contribution in [0.3, 0.4) is 0 Å². The normalized spacial score (nSPS) is 9.67. The van der Waals surface area contributed by atoms with E-state index in [1.54, 1.807) is 24.3 Å². The van der Waals surface area contributed by atoms with E-state index < -0.39 is 5.97 Å². The van der Waals surface area contributed by atoms with Crippen molar-refractivity contribution in [1.29, 1.82) is 0 Å². The highest BCUT2D eigenvalue weighted by atomic mass is 79.9. The molecular weight excluding hydrogens is 302 g/mol. The molecule has 98 valence electrons. The molecule has 0 atom stereocenters. The van der Waals surface area contributed by atoms with Crippen molar-refractivity contribution >= 4 is 27.8 Å². The smallest absolute Gasteiger partial charge is 0.325 e. The van der Waals surface area contributed by atoms with E-state index in [2.05, 4.69) is 26.0 Å². The lowest BCUT2D eigenvalue weighted by Gasteiger charge is -2.06. The summed E-state index contributed by atoms with van der Waals surface area (Å²) in [7, 11) is 1.27. The van der Waals surface area contributed by atoms with Crippen LogP contribution in [0.5, 0.6) is 5.75 Å². The van der Waals surface area contributed by atoms with Crippen LogP contribution in [0.1, 0.15) is 10.4 Å². The zero-order valence-electron chi connectivity index (χ0n) is 9.94. The van der Waals surface area contributed by atoms with Gasteiger partial charge in [0.1, 0.15) is 12.3 Å². The van der Waals surface area contributed by atoms with Crippen molar-refractivity contribution in [3.05, 3.63) is 29.8 Å². The topological polar surface area (TPSA) is 64.6 Å². The number of carbonyl (C=O) groups excluding carboxylic acids is 2. The van der Waals surface area contributed by atoms with Gasteiger partial charge in [-0.2, -0.15) is 0 Å². The molecule has 0 saturated heterocycles. The Bertz CT molecular complexity index is 405. The molecular formula is C12H14BrNO4. The fraction of sp³-hybridized carbons (Fsp3) is 0.333. The Morgan fingerprint density at radius 2 is 1.94 bits per heavy atom. The van der Waals surface area contributed by atoms with Crippen LogP contribution >= 0.6 is 15.9 Å². The molecule has 1 rings (SSSR count). The van der Waals surface area contributed by atoms with Crippen molar-refractivity contribution in [3.8, 4) is 5.75 Å². The SMILES string of the molecule is COC(=O)CNC(=O)c1ccc(OCCBr)cc1. The summed E-state index contributed by atoms with van der Waals surface area (Å²) < 4.78 is 9.77. The van der Waals surface area contributed by atoms with E-state index in [-0.39, 0.29) is 12.5 Å². The molecule has 0 fully saturated rings. The van der Waals surface area contributed by atoms with Crippen LogP contribution in [0.15, 0.2) is 24.3 Å². The van der Waals surface area contributed by atoms with Gasteiger partial charge in [0.05, 0.1) is 13.7 Å². The van der Waals surface area contributed by atoms with Crippen LogP contribution < -0.4 is 10.1 Å². The maximum absolute atomic E-state index is 11.6. The summed E-state index contributed by atoms with van der Waals surface area (Å²) in [4.78, 5) is 22.5. The van der Waals surface area contributed by atoms with Gasteiger partial charge >= 0.3 is 5.97 Å². The van der Waals surface area contributed by atoms with E-state index in [0.717, 1.165) is 5.33 Å². The van der Waals surface area contributed by atoms with Crippen LogP contribution in [0.2, 0.25) is 0 Å². The van der Waals surface area contributed by atoms with Gasteiger partial charge in [-0.3, -0.25) is 9.59 Å². The van der Waals surface area contributed by atoms with E-state index in [0.29, 0.717) is 17.9 Å². The second-order valence-corrected chi connectivity index (χ2v) is 4.11. The molecule has 0 heterocycles. The van der Waals surface area contributed by atoms with Gasteiger partial charge in [0.25, 0.3) is 5.91 Å². The number of benzene rings is 1. The number of rotatable bonds is 6. The Labute approximate surface area is 114 Å². The first kappa shape index (κ1) is 14.5. The minimum atomic E-state index is -0.486. The molecule has 1 aromatic rings. The molecule has 0 spiro atoms. The fourth-order valence-corrected chi connectivity index (χ4v) is 1.35. The Hall–Kier alpha value is -1.56. The highest BCUT2D eigenvalue weighted by molar-refractivity contribution is 9.09. The molecule has 6 heteroatoms.